The number of ketones is 1. The van der Waals surface area contributed by atoms with Crippen molar-refractivity contribution in [3.8, 4) is 17.2 Å². The molecular formula is C33H35NO6. The number of nitrogens with zero attached hydrogens (tertiary/aromatic N) is 1. The highest BCUT2D eigenvalue weighted by atomic mass is 16.5. The minimum absolute atomic E-state index is 0.0301. The second kappa shape index (κ2) is 13.5. The van der Waals surface area contributed by atoms with Crippen LogP contribution in [0.25, 0.3) is 5.76 Å². The molecule has 0 saturated carbocycles. The van der Waals surface area contributed by atoms with Gasteiger partial charge in [-0.2, -0.15) is 0 Å². The quantitative estimate of drug-likeness (QED) is 0.122. The van der Waals surface area contributed by atoms with Crippen molar-refractivity contribution >= 4 is 17.4 Å². The number of hydrogen-bond donors (Lipinski definition) is 1. The molecule has 40 heavy (non-hydrogen) atoms. The van der Waals surface area contributed by atoms with E-state index in [-0.39, 0.29) is 11.3 Å². The predicted octanol–water partition coefficient (Wildman–Crippen LogP) is 6.10. The van der Waals surface area contributed by atoms with Crippen molar-refractivity contribution in [1.29, 1.82) is 0 Å². The number of likely N-dealkylation sites (tertiary alicyclic amines) is 1. The number of aliphatic hydroxyl groups excluding tert-OH is 1. The highest BCUT2D eigenvalue weighted by molar-refractivity contribution is 6.46. The molecule has 3 aromatic carbocycles. The van der Waals surface area contributed by atoms with Crippen molar-refractivity contribution < 1.29 is 28.9 Å². The van der Waals surface area contributed by atoms with E-state index in [1.807, 2.05) is 44.2 Å². The summed E-state index contributed by atoms with van der Waals surface area (Å²) in [5, 5.41) is 11.4. The fourth-order valence-electron chi connectivity index (χ4n) is 4.67. The van der Waals surface area contributed by atoms with Crippen molar-refractivity contribution in [3.05, 3.63) is 108 Å². The van der Waals surface area contributed by atoms with Crippen LogP contribution in [0.2, 0.25) is 0 Å². The molecule has 1 amide bonds. The number of amides is 1. The van der Waals surface area contributed by atoms with Gasteiger partial charge < -0.3 is 24.2 Å². The minimum Gasteiger partial charge on any atom is -0.507 e. The first-order chi connectivity index (χ1) is 19.5. The van der Waals surface area contributed by atoms with Crippen LogP contribution in [-0.2, 0) is 16.0 Å². The molecule has 7 nitrogen and oxygen atoms in total. The Morgan fingerprint density at radius 2 is 1.70 bits per heavy atom. The highest BCUT2D eigenvalue weighted by Gasteiger charge is 2.46. The van der Waals surface area contributed by atoms with Crippen LogP contribution in [0.5, 0.6) is 17.2 Å². The molecular weight excluding hydrogens is 506 g/mol. The number of ether oxygens (including phenoxy) is 3. The van der Waals surface area contributed by atoms with Gasteiger partial charge in [-0.05, 0) is 67.3 Å². The standard InChI is InChI=1S/C33H35NO6/c1-4-20-39-26-15-12-24(13-16-26)31(35)29-30(25-14-17-27(40-21-5-2)28(22-25)38-6-3)34(33(37)32(29)36)19-18-23-10-8-7-9-11-23/h5,7-17,22,30,35H,2,4,6,18-21H2,1,3H3/b31-29+. The van der Waals surface area contributed by atoms with E-state index in [1.54, 1.807) is 48.5 Å². The molecule has 0 radical (unpaired) electrons. The Morgan fingerprint density at radius 1 is 0.950 bits per heavy atom. The minimum atomic E-state index is -0.813. The van der Waals surface area contributed by atoms with Gasteiger partial charge in [0.15, 0.2) is 11.5 Å². The zero-order valence-electron chi connectivity index (χ0n) is 23.0. The van der Waals surface area contributed by atoms with E-state index in [4.69, 9.17) is 14.2 Å². The summed E-state index contributed by atoms with van der Waals surface area (Å²) in [5.41, 5.74) is 2.12. The fraction of sp³-hybridized carbons (Fsp3) is 0.273. The van der Waals surface area contributed by atoms with Gasteiger partial charge in [0.2, 0.25) is 0 Å². The number of hydrogen-bond acceptors (Lipinski definition) is 6. The molecule has 1 aliphatic rings. The van der Waals surface area contributed by atoms with Gasteiger partial charge in [-0.1, -0.05) is 56.0 Å². The van der Waals surface area contributed by atoms with E-state index >= 15 is 0 Å². The maximum absolute atomic E-state index is 13.5. The predicted molar refractivity (Wildman–Crippen MR) is 155 cm³/mol. The topological polar surface area (TPSA) is 85.3 Å². The third kappa shape index (κ3) is 6.37. The number of Topliss-reactive ketones (excluding diaryl/α,β-unsaturated/α-hetero) is 1. The Labute approximate surface area is 235 Å². The summed E-state index contributed by atoms with van der Waals surface area (Å²) in [6.45, 7) is 9.14. The van der Waals surface area contributed by atoms with Crippen molar-refractivity contribution in [2.45, 2.75) is 32.7 Å². The summed E-state index contributed by atoms with van der Waals surface area (Å²) < 4.78 is 17.2. The SMILES string of the molecule is C=CCOc1ccc(C2/C(=C(\O)c3ccc(OCCC)cc3)C(=O)C(=O)N2CCc2ccccc2)cc1OCC. The van der Waals surface area contributed by atoms with Crippen LogP contribution in [0.15, 0.2) is 91.0 Å². The first kappa shape index (κ1) is 28.5. The molecule has 1 saturated heterocycles. The molecule has 0 spiro atoms. The van der Waals surface area contributed by atoms with E-state index in [9.17, 15) is 14.7 Å². The van der Waals surface area contributed by atoms with Gasteiger partial charge in [0.05, 0.1) is 24.8 Å². The second-order valence-electron chi connectivity index (χ2n) is 9.34. The molecule has 1 unspecified atom stereocenters. The summed E-state index contributed by atoms with van der Waals surface area (Å²) in [6, 6.07) is 21.1. The lowest BCUT2D eigenvalue weighted by molar-refractivity contribution is -0.139. The summed E-state index contributed by atoms with van der Waals surface area (Å²) in [5.74, 6) is 0.0387. The molecule has 208 valence electrons. The zero-order valence-corrected chi connectivity index (χ0v) is 23.0. The first-order valence-corrected chi connectivity index (χ1v) is 13.5. The van der Waals surface area contributed by atoms with Gasteiger partial charge in [0.1, 0.15) is 18.1 Å². The lowest BCUT2D eigenvalue weighted by Gasteiger charge is -2.26. The van der Waals surface area contributed by atoms with Crippen molar-refractivity contribution in [2.75, 3.05) is 26.4 Å². The molecule has 7 heteroatoms. The molecule has 1 atom stereocenters. The number of benzene rings is 3. The van der Waals surface area contributed by atoms with Crippen LogP contribution in [-0.4, -0.2) is 48.1 Å². The number of rotatable bonds is 13. The van der Waals surface area contributed by atoms with Gasteiger partial charge in [-0.3, -0.25) is 9.59 Å². The molecule has 1 fully saturated rings. The maximum atomic E-state index is 13.5. The van der Waals surface area contributed by atoms with E-state index < -0.39 is 17.7 Å². The lowest BCUT2D eigenvalue weighted by atomic mass is 9.94. The summed E-state index contributed by atoms with van der Waals surface area (Å²) >= 11 is 0. The number of aliphatic hydroxyl groups is 1. The second-order valence-corrected chi connectivity index (χ2v) is 9.34. The van der Waals surface area contributed by atoms with Crippen LogP contribution in [0, 0.1) is 0 Å². The smallest absolute Gasteiger partial charge is 0.295 e. The van der Waals surface area contributed by atoms with E-state index in [1.165, 1.54) is 4.90 Å². The average Bonchev–Trinajstić information content (AvgIpc) is 3.24. The van der Waals surface area contributed by atoms with Crippen molar-refractivity contribution in [1.82, 2.24) is 4.90 Å². The van der Waals surface area contributed by atoms with Crippen LogP contribution >= 0.6 is 0 Å². The zero-order chi connectivity index (χ0) is 28.5. The van der Waals surface area contributed by atoms with Crippen LogP contribution in [0.1, 0.15) is 43.0 Å². The third-order valence-corrected chi connectivity index (χ3v) is 6.56. The van der Waals surface area contributed by atoms with Gasteiger partial charge in [0, 0.05) is 12.1 Å². The lowest BCUT2D eigenvalue weighted by Crippen LogP contribution is -2.31. The normalized spacial score (nSPS) is 16.1. The van der Waals surface area contributed by atoms with Crippen molar-refractivity contribution in [3.63, 3.8) is 0 Å². The molecule has 1 N–H and O–H groups in total. The molecule has 0 bridgehead atoms. The van der Waals surface area contributed by atoms with E-state index in [0.29, 0.717) is 61.2 Å². The molecule has 1 heterocycles. The first-order valence-electron chi connectivity index (χ1n) is 13.5. The van der Waals surface area contributed by atoms with Crippen LogP contribution < -0.4 is 14.2 Å². The molecule has 0 aliphatic carbocycles. The Balaban J connectivity index is 1.78. The van der Waals surface area contributed by atoms with Gasteiger partial charge >= 0.3 is 0 Å². The van der Waals surface area contributed by atoms with Gasteiger partial charge in [0.25, 0.3) is 11.7 Å². The molecule has 3 aromatic rings. The Kier molecular flexibility index (Phi) is 9.62. The van der Waals surface area contributed by atoms with Crippen LogP contribution in [0.3, 0.4) is 0 Å². The van der Waals surface area contributed by atoms with Gasteiger partial charge in [-0.15, -0.1) is 0 Å². The summed E-state index contributed by atoms with van der Waals surface area (Å²) in [6.07, 6.45) is 3.06. The monoisotopic (exact) mass is 541 g/mol. The third-order valence-electron chi connectivity index (χ3n) is 6.56. The van der Waals surface area contributed by atoms with Gasteiger partial charge in [-0.25, -0.2) is 0 Å². The van der Waals surface area contributed by atoms with Crippen LogP contribution in [0.4, 0.5) is 0 Å². The summed E-state index contributed by atoms with van der Waals surface area (Å²) in [7, 11) is 0. The molecule has 0 aromatic heterocycles. The molecule has 1 aliphatic heterocycles. The summed E-state index contributed by atoms with van der Waals surface area (Å²) in [4.78, 5) is 28.4. The average molecular weight is 542 g/mol. The van der Waals surface area contributed by atoms with Crippen molar-refractivity contribution in [2.24, 2.45) is 0 Å². The Morgan fingerprint density at radius 3 is 2.38 bits per heavy atom. The Bertz CT molecular complexity index is 1360. The van der Waals surface area contributed by atoms with E-state index in [2.05, 4.69) is 6.58 Å². The Hall–Kier alpha value is -4.52. The maximum Gasteiger partial charge on any atom is 0.295 e. The largest absolute Gasteiger partial charge is 0.507 e. The fourth-order valence-corrected chi connectivity index (χ4v) is 4.67. The molecule has 4 rings (SSSR count). The number of carbonyl (C=O) groups excluding carboxylic acids is 2. The highest BCUT2D eigenvalue weighted by Crippen LogP contribution is 2.42. The number of carbonyl (C=O) groups is 2. The van der Waals surface area contributed by atoms with E-state index in [0.717, 1.165) is 12.0 Å².